The summed E-state index contributed by atoms with van der Waals surface area (Å²) in [6.07, 6.45) is -0.316. The SMILES string of the molecule is COc1cc2c(cc1OCc1ccccc1)CN1CC[C@]3(O[Si](C)(C)C(C)(C)C)[C@H]1[C@H]2[C@H](O)C[C@@H]3S(=O)(=O)c1ccccc1OC. The molecule has 1 N–H and O–H groups in total. The van der Waals surface area contributed by atoms with Crippen LogP contribution in [0.5, 0.6) is 17.2 Å². The summed E-state index contributed by atoms with van der Waals surface area (Å²) < 4.78 is 54.6. The van der Waals surface area contributed by atoms with E-state index in [1.165, 1.54) is 7.11 Å². The monoisotopic (exact) mass is 665 g/mol. The lowest BCUT2D eigenvalue weighted by Crippen LogP contribution is -2.69. The van der Waals surface area contributed by atoms with Gasteiger partial charge in [0, 0.05) is 25.0 Å². The van der Waals surface area contributed by atoms with Crippen molar-refractivity contribution in [2.45, 2.75) is 98.7 Å². The van der Waals surface area contributed by atoms with E-state index >= 15 is 0 Å². The van der Waals surface area contributed by atoms with Crippen LogP contribution in [0, 0.1) is 0 Å². The molecule has 2 heterocycles. The molecule has 5 atom stereocenters. The number of fused-ring (bicyclic) bond motifs is 2. The minimum absolute atomic E-state index is 0.0536. The summed E-state index contributed by atoms with van der Waals surface area (Å²) in [4.78, 5) is 2.48. The smallest absolute Gasteiger partial charge is 0.192 e. The van der Waals surface area contributed by atoms with E-state index in [0.717, 1.165) is 16.7 Å². The van der Waals surface area contributed by atoms with E-state index in [1.807, 2.05) is 42.5 Å². The van der Waals surface area contributed by atoms with E-state index in [-0.39, 0.29) is 28.3 Å². The summed E-state index contributed by atoms with van der Waals surface area (Å²) in [5, 5.41) is 10.9. The molecule has 3 aromatic carbocycles. The highest BCUT2D eigenvalue weighted by Gasteiger charge is 2.67. The summed E-state index contributed by atoms with van der Waals surface area (Å²) in [5.41, 5.74) is 2.05. The highest BCUT2D eigenvalue weighted by atomic mass is 32.2. The Morgan fingerprint density at radius 2 is 1.63 bits per heavy atom. The zero-order valence-corrected chi connectivity index (χ0v) is 29.8. The number of hydrogen-bond acceptors (Lipinski definition) is 8. The largest absolute Gasteiger partial charge is 0.495 e. The molecular formula is C36H47NO7SSi. The van der Waals surface area contributed by atoms with Crippen molar-refractivity contribution in [1.82, 2.24) is 4.90 Å². The van der Waals surface area contributed by atoms with Crippen LogP contribution >= 0.6 is 0 Å². The second kappa shape index (κ2) is 12.0. The van der Waals surface area contributed by atoms with Crippen molar-refractivity contribution in [2.24, 2.45) is 0 Å². The van der Waals surface area contributed by atoms with Gasteiger partial charge in [-0.15, -0.1) is 0 Å². The first kappa shape index (κ1) is 33.0. The van der Waals surface area contributed by atoms with Crippen LogP contribution in [-0.4, -0.2) is 70.5 Å². The number of para-hydroxylation sites is 1. The number of benzene rings is 3. The minimum Gasteiger partial charge on any atom is -0.495 e. The fourth-order valence-electron chi connectivity index (χ4n) is 7.62. The third-order valence-corrected chi connectivity index (χ3v) is 17.6. The maximum absolute atomic E-state index is 14.8. The summed E-state index contributed by atoms with van der Waals surface area (Å²) in [6, 6.07) is 20.5. The molecule has 3 aliphatic rings. The number of rotatable bonds is 9. The first-order valence-electron chi connectivity index (χ1n) is 16.1. The first-order chi connectivity index (χ1) is 21.7. The minimum atomic E-state index is -3.99. The molecule has 0 radical (unpaired) electrons. The molecule has 0 amide bonds. The van der Waals surface area contributed by atoms with Gasteiger partial charge in [0.1, 0.15) is 17.3 Å². The van der Waals surface area contributed by atoms with Gasteiger partial charge in [0.2, 0.25) is 0 Å². The van der Waals surface area contributed by atoms with Crippen molar-refractivity contribution in [3.63, 3.8) is 0 Å². The number of methoxy groups -OCH3 is 2. The van der Waals surface area contributed by atoms with Gasteiger partial charge in [0.15, 0.2) is 29.7 Å². The van der Waals surface area contributed by atoms with Crippen LogP contribution in [-0.2, 0) is 27.4 Å². The maximum Gasteiger partial charge on any atom is 0.192 e. The zero-order valence-electron chi connectivity index (χ0n) is 27.9. The Labute approximate surface area is 274 Å². The van der Waals surface area contributed by atoms with Crippen molar-refractivity contribution < 1.29 is 32.2 Å². The Kier molecular flexibility index (Phi) is 8.59. The van der Waals surface area contributed by atoms with Gasteiger partial charge in [0.05, 0.1) is 31.2 Å². The lowest BCUT2D eigenvalue weighted by molar-refractivity contribution is -0.0691. The maximum atomic E-state index is 14.8. The molecular weight excluding hydrogens is 619 g/mol. The van der Waals surface area contributed by atoms with Gasteiger partial charge in [-0.25, -0.2) is 8.42 Å². The Morgan fingerprint density at radius 1 is 0.957 bits per heavy atom. The lowest BCUT2D eigenvalue weighted by atomic mass is 9.67. The molecule has 8 nitrogen and oxygen atoms in total. The van der Waals surface area contributed by atoms with E-state index < -0.39 is 35.1 Å². The number of hydrogen-bond donors (Lipinski definition) is 1. The average molecular weight is 666 g/mol. The molecule has 10 heteroatoms. The molecule has 0 spiro atoms. The van der Waals surface area contributed by atoms with Gasteiger partial charge < -0.3 is 23.7 Å². The van der Waals surface area contributed by atoms with Gasteiger partial charge in [-0.1, -0.05) is 63.2 Å². The van der Waals surface area contributed by atoms with E-state index in [0.29, 0.717) is 43.4 Å². The lowest BCUT2D eigenvalue weighted by Gasteiger charge is -2.57. The number of aliphatic hydroxyl groups is 1. The van der Waals surface area contributed by atoms with Crippen LogP contribution in [0.2, 0.25) is 18.1 Å². The fraction of sp³-hybridized carbons (Fsp3) is 0.500. The predicted molar refractivity (Wildman–Crippen MR) is 181 cm³/mol. The molecule has 6 rings (SSSR count). The Bertz CT molecular complexity index is 1690. The molecule has 46 heavy (non-hydrogen) atoms. The number of ether oxygens (including phenoxy) is 3. The molecule has 2 aliphatic heterocycles. The standard InChI is InChI=1S/C36H47NO7SSi/c1-35(2,3)46(6,7)44-36-17-18-37-22-25-19-30(43-23-24-13-9-8-10-14-24)29(42-5)20-26(25)33(34(36)37)27(38)21-32(36)45(39,40)31-16-12-11-15-28(31)41-4/h8-16,19-20,27,32-34,38H,17-18,21-23H2,1-7H3/t27-,32+,33-,34-,36-/m1/s1. The number of nitrogens with zero attached hydrogens (tertiary/aromatic N) is 1. The van der Waals surface area contributed by atoms with Crippen molar-refractivity contribution >= 4 is 18.2 Å². The highest BCUT2D eigenvalue weighted by Crippen LogP contribution is 2.58. The van der Waals surface area contributed by atoms with Crippen molar-refractivity contribution in [3.05, 3.63) is 83.4 Å². The van der Waals surface area contributed by atoms with Crippen molar-refractivity contribution in [3.8, 4) is 17.2 Å². The molecule has 1 saturated carbocycles. The Morgan fingerprint density at radius 3 is 2.30 bits per heavy atom. The van der Waals surface area contributed by atoms with Gasteiger partial charge in [0.25, 0.3) is 0 Å². The van der Waals surface area contributed by atoms with Gasteiger partial charge in [-0.2, -0.15) is 0 Å². The van der Waals surface area contributed by atoms with E-state index in [1.54, 1.807) is 31.4 Å². The average Bonchev–Trinajstić information content (AvgIpc) is 3.38. The Balaban J connectivity index is 1.46. The summed E-state index contributed by atoms with van der Waals surface area (Å²) in [7, 11) is -3.39. The van der Waals surface area contributed by atoms with Crippen LogP contribution in [0.25, 0.3) is 0 Å². The molecule has 2 fully saturated rings. The molecule has 1 saturated heterocycles. The second-order valence-corrected chi connectivity index (χ2v) is 21.3. The summed E-state index contributed by atoms with van der Waals surface area (Å²) >= 11 is 0. The third kappa shape index (κ3) is 5.45. The zero-order chi connectivity index (χ0) is 33.1. The van der Waals surface area contributed by atoms with Gasteiger partial charge >= 0.3 is 0 Å². The summed E-state index contributed by atoms with van der Waals surface area (Å²) in [5.74, 6) is 1.18. The van der Waals surface area contributed by atoms with Gasteiger partial charge in [-0.05, 0) is 71.9 Å². The quantitative estimate of drug-likeness (QED) is 0.266. The number of sulfone groups is 1. The van der Waals surface area contributed by atoms with Crippen LogP contribution in [0.15, 0.2) is 71.6 Å². The molecule has 3 aromatic rings. The van der Waals surface area contributed by atoms with Crippen LogP contribution < -0.4 is 14.2 Å². The van der Waals surface area contributed by atoms with Crippen LogP contribution in [0.1, 0.15) is 56.2 Å². The number of aliphatic hydroxyl groups excluding tert-OH is 1. The topological polar surface area (TPSA) is 94.5 Å². The fourth-order valence-corrected chi connectivity index (χ4v) is 11.6. The molecule has 1 aliphatic carbocycles. The second-order valence-electron chi connectivity index (χ2n) is 14.5. The van der Waals surface area contributed by atoms with E-state index in [2.05, 4.69) is 38.8 Å². The van der Waals surface area contributed by atoms with Crippen LogP contribution in [0.3, 0.4) is 0 Å². The molecule has 0 aromatic heterocycles. The van der Waals surface area contributed by atoms with Crippen molar-refractivity contribution in [1.29, 1.82) is 0 Å². The normalized spacial score (nSPS) is 26.3. The molecule has 248 valence electrons. The summed E-state index contributed by atoms with van der Waals surface area (Å²) in [6.45, 7) is 12.6. The van der Waals surface area contributed by atoms with Crippen molar-refractivity contribution in [2.75, 3.05) is 20.8 Å². The van der Waals surface area contributed by atoms with Gasteiger partial charge in [-0.3, -0.25) is 4.90 Å². The molecule has 0 bridgehead atoms. The third-order valence-electron chi connectivity index (χ3n) is 10.8. The first-order valence-corrected chi connectivity index (χ1v) is 20.6. The van der Waals surface area contributed by atoms with E-state index in [4.69, 9.17) is 18.6 Å². The predicted octanol–water partition coefficient (Wildman–Crippen LogP) is 6.32. The highest BCUT2D eigenvalue weighted by molar-refractivity contribution is 7.92. The van der Waals surface area contributed by atoms with Crippen LogP contribution in [0.4, 0.5) is 0 Å². The van der Waals surface area contributed by atoms with E-state index in [9.17, 15) is 13.5 Å². The Hall–Kier alpha value is -2.89. The molecule has 0 unspecified atom stereocenters.